The van der Waals surface area contributed by atoms with Crippen LogP contribution in [0.1, 0.15) is 11.8 Å². The molecule has 0 fully saturated rings. The fourth-order valence-corrected chi connectivity index (χ4v) is 2.06. The standard InChI is InChI=1S/C8H10N2OS/c1-2-10-4-8-7(9-10)3-6(5-11)12-8/h3-4,11H,2,5H2,1H3. The summed E-state index contributed by atoms with van der Waals surface area (Å²) in [5, 5.41) is 13.2. The molecule has 1 N–H and O–H groups in total. The molecular weight excluding hydrogens is 172 g/mol. The van der Waals surface area contributed by atoms with Crippen molar-refractivity contribution in [3.8, 4) is 0 Å². The van der Waals surface area contributed by atoms with E-state index >= 15 is 0 Å². The van der Waals surface area contributed by atoms with Crippen LogP contribution in [0.3, 0.4) is 0 Å². The van der Waals surface area contributed by atoms with Crippen LogP contribution in [-0.2, 0) is 13.2 Å². The summed E-state index contributed by atoms with van der Waals surface area (Å²) in [7, 11) is 0. The first-order valence-corrected chi connectivity index (χ1v) is 4.72. The summed E-state index contributed by atoms with van der Waals surface area (Å²) >= 11 is 1.60. The third-order valence-electron chi connectivity index (χ3n) is 1.77. The minimum Gasteiger partial charge on any atom is -0.391 e. The van der Waals surface area contributed by atoms with E-state index in [2.05, 4.69) is 12.0 Å². The molecule has 2 aromatic rings. The van der Waals surface area contributed by atoms with Gasteiger partial charge in [0.25, 0.3) is 0 Å². The van der Waals surface area contributed by atoms with E-state index in [4.69, 9.17) is 5.11 Å². The van der Waals surface area contributed by atoms with Gasteiger partial charge in [0.05, 0.1) is 11.3 Å². The average molecular weight is 182 g/mol. The molecule has 2 heterocycles. The van der Waals surface area contributed by atoms with Crippen molar-refractivity contribution in [2.24, 2.45) is 0 Å². The van der Waals surface area contributed by atoms with Crippen LogP contribution >= 0.6 is 11.3 Å². The molecule has 0 saturated heterocycles. The first kappa shape index (κ1) is 7.76. The lowest BCUT2D eigenvalue weighted by Gasteiger charge is -1.90. The van der Waals surface area contributed by atoms with Crippen molar-refractivity contribution in [2.75, 3.05) is 0 Å². The van der Waals surface area contributed by atoms with Gasteiger partial charge < -0.3 is 5.11 Å². The second-order valence-corrected chi connectivity index (χ2v) is 3.77. The monoisotopic (exact) mass is 182 g/mol. The normalized spacial score (nSPS) is 11.2. The number of hydrogen-bond acceptors (Lipinski definition) is 3. The number of rotatable bonds is 2. The smallest absolute Gasteiger partial charge is 0.103 e. The van der Waals surface area contributed by atoms with Crippen LogP contribution < -0.4 is 0 Å². The van der Waals surface area contributed by atoms with Gasteiger partial charge in [0, 0.05) is 17.6 Å². The lowest BCUT2D eigenvalue weighted by atomic mass is 10.4. The number of aliphatic hydroxyl groups excluding tert-OH is 1. The maximum absolute atomic E-state index is 8.86. The lowest BCUT2D eigenvalue weighted by molar-refractivity contribution is 0.285. The highest BCUT2D eigenvalue weighted by molar-refractivity contribution is 7.18. The van der Waals surface area contributed by atoms with Crippen molar-refractivity contribution >= 4 is 21.6 Å². The second kappa shape index (κ2) is 2.88. The number of aliphatic hydroxyl groups is 1. The van der Waals surface area contributed by atoms with Crippen molar-refractivity contribution in [2.45, 2.75) is 20.1 Å². The van der Waals surface area contributed by atoms with Gasteiger partial charge in [-0.15, -0.1) is 11.3 Å². The fourth-order valence-electron chi connectivity index (χ4n) is 1.16. The van der Waals surface area contributed by atoms with Gasteiger partial charge in [0.15, 0.2) is 0 Å². The Hall–Kier alpha value is -0.870. The maximum atomic E-state index is 8.86. The lowest BCUT2D eigenvalue weighted by Crippen LogP contribution is -1.92. The van der Waals surface area contributed by atoms with Crippen LogP contribution in [0.2, 0.25) is 0 Å². The van der Waals surface area contributed by atoms with E-state index in [-0.39, 0.29) is 6.61 Å². The van der Waals surface area contributed by atoms with Crippen LogP contribution in [0.15, 0.2) is 12.3 Å². The number of thiophene rings is 1. The summed E-state index contributed by atoms with van der Waals surface area (Å²) in [6, 6.07) is 1.94. The van der Waals surface area contributed by atoms with Crippen LogP contribution in [0.5, 0.6) is 0 Å². The summed E-state index contributed by atoms with van der Waals surface area (Å²) in [6.45, 7) is 3.08. The molecule has 0 unspecified atom stereocenters. The van der Waals surface area contributed by atoms with Gasteiger partial charge in [-0.1, -0.05) is 0 Å². The third-order valence-corrected chi connectivity index (χ3v) is 2.82. The molecule has 64 valence electrons. The van der Waals surface area contributed by atoms with Gasteiger partial charge in [0.1, 0.15) is 5.52 Å². The van der Waals surface area contributed by atoms with Crippen LogP contribution in [0.25, 0.3) is 10.2 Å². The van der Waals surface area contributed by atoms with Crippen molar-refractivity contribution < 1.29 is 5.11 Å². The Labute approximate surface area is 74.2 Å². The van der Waals surface area contributed by atoms with Gasteiger partial charge in [0.2, 0.25) is 0 Å². The predicted octanol–water partition coefficient (Wildman–Crippen LogP) is 1.61. The molecular formula is C8H10N2OS. The predicted molar refractivity (Wildman–Crippen MR) is 49.2 cm³/mol. The molecule has 0 aliphatic heterocycles. The maximum Gasteiger partial charge on any atom is 0.103 e. The molecule has 0 saturated carbocycles. The van der Waals surface area contributed by atoms with Crippen LogP contribution in [0.4, 0.5) is 0 Å². The van der Waals surface area contributed by atoms with E-state index in [1.54, 1.807) is 11.3 Å². The Balaban J connectivity index is 2.52. The van der Waals surface area contributed by atoms with Gasteiger partial charge in [-0.25, -0.2) is 0 Å². The zero-order chi connectivity index (χ0) is 8.55. The molecule has 12 heavy (non-hydrogen) atoms. The molecule has 0 atom stereocenters. The van der Waals surface area contributed by atoms with Crippen LogP contribution in [0, 0.1) is 0 Å². The Bertz CT molecular complexity index is 326. The van der Waals surface area contributed by atoms with E-state index in [1.807, 2.05) is 16.9 Å². The SMILES string of the molecule is CCn1cc2sc(CO)cc2n1. The van der Waals surface area contributed by atoms with Crippen LogP contribution in [-0.4, -0.2) is 14.9 Å². The molecule has 0 spiro atoms. The largest absolute Gasteiger partial charge is 0.391 e. The minimum absolute atomic E-state index is 0.118. The van der Waals surface area contributed by atoms with Crippen molar-refractivity contribution in [1.29, 1.82) is 0 Å². The third kappa shape index (κ3) is 1.13. The quantitative estimate of drug-likeness (QED) is 0.766. The number of aromatic nitrogens is 2. The topological polar surface area (TPSA) is 38.0 Å². The van der Waals surface area contributed by atoms with E-state index in [0.29, 0.717) is 0 Å². The number of aryl methyl sites for hydroxylation is 1. The molecule has 3 nitrogen and oxygen atoms in total. The van der Waals surface area contributed by atoms with Crippen molar-refractivity contribution in [1.82, 2.24) is 9.78 Å². The molecule has 2 rings (SSSR count). The number of nitrogens with zero attached hydrogens (tertiary/aromatic N) is 2. The number of hydrogen-bond donors (Lipinski definition) is 1. The average Bonchev–Trinajstić information content (AvgIpc) is 2.59. The van der Waals surface area contributed by atoms with Gasteiger partial charge in [-0.05, 0) is 13.0 Å². The molecule has 0 aliphatic rings. The van der Waals surface area contributed by atoms with Gasteiger partial charge in [-0.2, -0.15) is 5.10 Å². The highest BCUT2D eigenvalue weighted by Gasteiger charge is 2.04. The minimum atomic E-state index is 0.118. The first-order valence-electron chi connectivity index (χ1n) is 3.90. The Morgan fingerprint density at radius 2 is 2.50 bits per heavy atom. The molecule has 0 aromatic carbocycles. The summed E-state index contributed by atoms with van der Waals surface area (Å²) in [5.74, 6) is 0. The van der Waals surface area contributed by atoms with Crippen molar-refractivity contribution in [3.05, 3.63) is 17.1 Å². The highest BCUT2D eigenvalue weighted by Crippen LogP contribution is 2.24. The molecule has 4 heteroatoms. The summed E-state index contributed by atoms with van der Waals surface area (Å²) in [4.78, 5) is 0.982. The van der Waals surface area contributed by atoms with Crippen molar-refractivity contribution in [3.63, 3.8) is 0 Å². The van der Waals surface area contributed by atoms with Gasteiger partial charge in [-0.3, -0.25) is 4.68 Å². The summed E-state index contributed by atoms with van der Waals surface area (Å²) in [6.07, 6.45) is 2.01. The Kier molecular flexibility index (Phi) is 1.86. The summed E-state index contributed by atoms with van der Waals surface area (Å²) < 4.78 is 3.06. The zero-order valence-electron chi connectivity index (χ0n) is 6.82. The second-order valence-electron chi connectivity index (χ2n) is 2.61. The van der Waals surface area contributed by atoms with E-state index < -0.39 is 0 Å². The van der Waals surface area contributed by atoms with E-state index in [1.165, 1.54) is 0 Å². The van der Waals surface area contributed by atoms with Gasteiger partial charge >= 0.3 is 0 Å². The van der Waals surface area contributed by atoms with E-state index in [9.17, 15) is 0 Å². The number of fused-ring (bicyclic) bond motifs is 1. The summed E-state index contributed by atoms with van der Waals surface area (Å²) in [5.41, 5.74) is 0.992. The Morgan fingerprint density at radius 3 is 3.08 bits per heavy atom. The zero-order valence-corrected chi connectivity index (χ0v) is 7.64. The fraction of sp³-hybridized carbons (Fsp3) is 0.375. The molecule has 0 aliphatic carbocycles. The molecule has 0 amide bonds. The van der Waals surface area contributed by atoms with E-state index in [0.717, 1.165) is 21.6 Å². The highest BCUT2D eigenvalue weighted by atomic mass is 32.1. The first-order chi connectivity index (χ1) is 5.83. The molecule has 0 radical (unpaired) electrons. The molecule has 2 aromatic heterocycles. The Morgan fingerprint density at radius 1 is 1.67 bits per heavy atom. The molecule has 0 bridgehead atoms.